The Hall–Kier alpha value is -1.65. The molecule has 0 aromatic carbocycles. The van der Waals surface area contributed by atoms with Gasteiger partial charge in [-0.05, 0) is 20.3 Å². The predicted octanol–water partition coefficient (Wildman–Crippen LogP) is 1.17. The molecule has 5 nitrogen and oxygen atoms in total. The number of rotatable bonds is 3. The lowest BCUT2D eigenvalue weighted by Crippen LogP contribution is -2.29. The van der Waals surface area contributed by atoms with E-state index in [1.165, 1.54) is 4.68 Å². The van der Waals surface area contributed by atoms with Crippen molar-refractivity contribution in [2.24, 2.45) is 0 Å². The Morgan fingerprint density at radius 2 is 2.12 bits per heavy atom. The Balaban J connectivity index is 2.78. The first-order chi connectivity index (χ1) is 7.69. The molecule has 2 aromatic rings. The molecule has 0 spiro atoms. The first-order valence-corrected chi connectivity index (χ1v) is 5.63. The maximum absolute atomic E-state index is 12.1. The fourth-order valence-corrected chi connectivity index (χ4v) is 1.86. The molecule has 0 amide bonds. The van der Waals surface area contributed by atoms with Crippen molar-refractivity contribution >= 4 is 5.52 Å². The maximum Gasteiger partial charge on any atom is 0.350 e. The monoisotopic (exact) mass is 220 g/mol. The van der Waals surface area contributed by atoms with E-state index >= 15 is 0 Å². The van der Waals surface area contributed by atoms with E-state index in [2.05, 4.69) is 17.0 Å². The molecule has 0 atom stereocenters. The molecule has 2 heterocycles. The number of imidazole rings is 1. The fraction of sp³-hybridized carbons (Fsp3) is 0.545. The van der Waals surface area contributed by atoms with E-state index in [0.717, 1.165) is 29.9 Å². The summed E-state index contributed by atoms with van der Waals surface area (Å²) in [6.45, 7) is 6.48. The van der Waals surface area contributed by atoms with Crippen LogP contribution in [0.15, 0.2) is 11.0 Å². The van der Waals surface area contributed by atoms with Gasteiger partial charge in [-0.1, -0.05) is 6.92 Å². The van der Waals surface area contributed by atoms with Crippen LogP contribution in [-0.4, -0.2) is 19.2 Å². The molecule has 0 bridgehead atoms. The Morgan fingerprint density at radius 3 is 2.75 bits per heavy atom. The SMILES string of the molecule is CCCc1nc(C)c2cnn(CC)c(=O)n12. The van der Waals surface area contributed by atoms with Gasteiger partial charge in [-0.2, -0.15) is 5.10 Å². The lowest BCUT2D eigenvalue weighted by molar-refractivity contribution is 0.580. The van der Waals surface area contributed by atoms with E-state index in [1.54, 1.807) is 10.6 Å². The summed E-state index contributed by atoms with van der Waals surface area (Å²) < 4.78 is 3.13. The first kappa shape index (κ1) is 10.9. The lowest BCUT2D eigenvalue weighted by atomic mass is 10.3. The third-order valence-corrected chi connectivity index (χ3v) is 2.67. The van der Waals surface area contributed by atoms with Gasteiger partial charge in [-0.25, -0.2) is 18.9 Å². The molecule has 16 heavy (non-hydrogen) atoms. The van der Waals surface area contributed by atoms with E-state index in [4.69, 9.17) is 0 Å². The topological polar surface area (TPSA) is 52.2 Å². The van der Waals surface area contributed by atoms with E-state index in [9.17, 15) is 4.79 Å². The summed E-state index contributed by atoms with van der Waals surface area (Å²) in [7, 11) is 0. The minimum Gasteiger partial charge on any atom is -0.246 e. The minimum atomic E-state index is -0.0935. The number of aromatic nitrogens is 4. The summed E-state index contributed by atoms with van der Waals surface area (Å²) in [5.41, 5.74) is 1.60. The largest absolute Gasteiger partial charge is 0.350 e. The van der Waals surface area contributed by atoms with Crippen LogP contribution in [0, 0.1) is 6.92 Å². The standard InChI is InChI=1S/C11H16N4O/c1-4-6-10-13-8(3)9-7-12-14(5-2)11(16)15(9)10/h7H,4-6H2,1-3H3. The van der Waals surface area contributed by atoms with Crippen LogP contribution in [-0.2, 0) is 13.0 Å². The summed E-state index contributed by atoms with van der Waals surface area (Å²) in [6.07, 6.45) is 3.51. The zero-order valence-corrected chi connectivity index (χ0v) is 9.90. The Labute approximate surface area is 93.7 Å². The van der Waals surface area contributed by atoms with Gasteiger partial charge in [0, 0.05) is 13.0 Å². The van der Waals surface area contributed by atoms with Crippen molar-refractivity contribution in [3.8, 4) is 0 Å². The molecule has 2 rings (SSSR count). The highest BCUT2D eigenvalue weighted by molar-refractivity contribution is 5.49. The average Bonchev–Trinajstić information content (AvgIpc) is 2.58. The lowest BCUT2D eigenvalue weighted by Gasteiger charge is -2.02. The number of aryl methyl sites for hydroxylation is 3. The number of hydrogen-bond donors (Lipinski definition) is 0. The molecular formula is C11H16N4O. The maximum atomic E-state index is 12.1. The van der Waals surface area contributed by atoms with Gasteiger partial charge in [-0.15, -0.1) is 0 Å². The molecule has 86 valence electrons. The molecule has 0 fully saturated rings. The molecule has 0 aliphatic rings. The van der Waals surface area contributed by atoms with Crippen molar-refractivity contribution in [3.63, 3.8) is 0 Å². The zero-order valence-electron chi connectivity index (χ0n) is 9.90. The average molecular weight is 220 g/mol. The summed E-state index contributed by atoms with van der Waals surface area (Å²) in [6, 6.07) is 0. The predicted molar refractivity (Wildman–Crippen MR) is 61.7 cm³/mol. The Morgan fingerprint density at radius 1 is 1.38 bits per heavy atom. The molecule has 0 N–H and O–H groups in total. The molecule has 0 saturated carbocycles. The third kappa shape index (κ3) is 1.52. The van der Waals surface area contributed by atoms with Crippen LogP contribution in [0.4, 0.5) is 0 Å². The van der Waals surface area contributed by atoms with Crippen molar-refractivity contribution in [3.05, 3.63) is 28.2 Å². The fourth-order valence-electron chi connectivity index (χ4n) is 1.86. The molecule has 0 saturated heterocycles. The molecule has 0 aliphatic carbocycles. The van der Waals surface area contributed by atoms with E-state index in [0.29, 0.717) is 6.54 Å². The second kappa shape index (κ2) is 4.08. The van der Waals surface area contributed by atoms with Gasteiger partial charge in [-0.3, -0.25) is 0 Å². The van der Waals surface area contributed by atoms with E-state index < -0.39 is 0 Å². The second-order valence-corrected chi connectivity index (χ2v) is 3.83. The zero-order chi connectivity index (χ0) is 11.7. The first-order valence-electron chi connectivity index (χ1n) is 5.63. The molecule has 0 radical (unpaired) electrons. The van der Waals surface area contributed by atoms with Crippen molar-refractivity contribution < 1.29 is 0 Å². The van der Waals surface area contributed by atoms with Gasteiger partial charge in [0.1, 0.15) is 5.82 Å². The summed E-state index contributed by atoms with van der Waals surface area (Å²) >= 11 is 0. The van der Waals surface area contributed by atoms with Gasteiger partial charge in [0.05, 0.1) is 17.4 Å². The van der Waals surface area contributed by atoms with Gasteiger partial charge in [0.15, 0.2) is 0 Å². The van der Waals surface area contributed by atoms with Gasteiger partial charge < -0.3 is 0 Å². The van der Waals surface area contributed by atoms with Crippen LogP contribution in [0.2, 0.25) is 0 Å². The molecule has 5 heteroatoms. The molecule has 0 aliphatic heterocycles. The van der Waals surface area contributed by atoms with Crippen LogP contribution in [0.1, 0.15) is 31.8 Å². The van der Waals surface area contributed by atoms with Crippen LogP contribution < -0.4 is 5.69 Å². The van der Waals surface area contributed by atoms with E-state index in [1.807, 2.05) is 13.8 Å². The van der Waals surface area contributed by atoms with Crippen LogP contribution in [0.3, 0.4) is 0 Å². The quantitative estimate of drug-likeness (QED) is 0.780. The van der Waals surface area contributed by atoms with Gasteiger partial charge in [0.25, 0.3) is 0 Å². The van der Waals surface area contributed by atoms with Crippen molar-refractivity contribution in [2.45, 2.75) is 40.2 Å². The minimum absolute atomic E-state index is 0.0935. The van der Waals surface area contributed by atoms with Crippen molar-refractivity contribution in [2.75, 3.05) is 0 Å². The third-order valence-electron chi connectivity index (χ3n) is 2.67. The molecule has 0 unspecified atom stereocenters. The van der Waals surface area contributed by atoms with Crippen LogP contribution in [0.5, 0.6) is 0 Å². The Bertz CT molecular complexity index is 567. The summed E-state index contributed by atoms with van der Waals surface area (Å²) in [4.78, 5) is 16.5. The summed E-state index contributed by atoms with van der Waals surface area (Å²) in [5.74, 6) is 0.838. The smallest absolute Gasteiger partial charge is 0.246 e. The normalized spacial score (nSPS) is 11.2. The number of hydrogen-bond acceptors (Lipinski definition) is 3. The molecule has 2 aromatic heterocycles. The van der Waals surface area contributed by atoms with Crippen LogP contribution in [0.25, 0.3) is 5.52 Å². The number of nitrogens with zero attached hydrogens (tertiary/aromatic N) is 4. The summed E-state index contributed by atoms with van der Waals surface area (Å²) in [5, 5.41) is 4.10. The molecular weight excluding hydrogens is 204 g/mol. The highest BCUT2D eigenvalue weighted by Crippen LogP contribution is 2.09. The van der Waals surface area contributed by atoms with Crippen molar-refractivity contribution in [1.82, 2.24) is 19.2 Å². The second-order valence-electron chi connectivity index (χ2n) is 3.83. The van der Waals surface area contributed by atoms with Gasteiger partial charge >= 0.3 is 5.69 Å². The van der Waals surface area contributed by atoms with Crippen LogP contribution >= 0.6 is 0 Å². The highest BCUT2D eigenvalue weighted by atomic mass is 16.2. The van der Waals surface area contributed by atoms with E-state index in [-0.39, 0.29) is 5.69 Å². The van der Waals surface area contributed by atoms with Gasteiger partial charge in [0.2, 0.25) is 0 Å². The van der Waals surface area contributed by atoms with Crippen molar-refractivity contribution in [1.29, 1.82) is 0 Å². The highest BCUT2D eigenvalue weighted by Gasteiger charge is 2.11. The number of fused-ring (bicyclic) bond motifs is 1. The Kier molecular flexibility index (Phi) is 2.77.